The van der Waals surface area contributed by atoms with Crippen LogP contribution in [0.2, 0.25) is 0 Å². The molecule has 0 saturated heterocycles. The molecule has 0 amide bonds. The zero-order valence-corrected chi connectivity index (χ0v) is 17.2. The van der Waals surface area contributed by atoms with Gasteiger partial charge in [-0.3, -0.25) is 9.59 Å². The van der Waals surface area contributed by atoms with E-state index in [-0.39, 0.29) is 24.0 Å². The van der Waals surface area contributed by atoms with Crippen molar-refractivity contribution >= 4 is 11.8 Å². The molecular weight excluding hydrogens is 356 g/mol. The van der Waals surface area contributed by atoms with E-state index in [4.69, 9.17) is 9.84 Å². The highest BCUT2D eigenvalue weighted by Crippen LogP contribution is 2.56. The van der Waals surface area contributed by atoms with Crippen molar-refractivity contribution in [2.45, 2.75) is 89.3 Å². The third kappa shape index (κ3) is 5.46. The van der Waals surface area contributed by atoms with Gasteiger partial charge in [-0.15, -0.1) is 0 Å². The molecule has 2 rings (SSSR count). The Morgan fingerprint density at radius 1 is 1.25 bits per heavy atom. The van der Waals surface area contributed by atoms with Crippen molar-refractivity contribution in [1.29, 1.82) is 0 Å². The first-order valence-corrected chi connectivity index (χ1v) is 10.6. The molecule has 2 saturated carbocycles. The van der Waals surface area contributed by atoms with Gasteiger partial charge in [-0.05, 0) is 43.6 Å². The molecular formula is C23H34O5. The molecule has 5 heteroatoms. The lowest BCUT2D eigenvalue weighted by molar-refractivity contribution is -0.139. The van der Waals surface area contributed by atoms with Gasteiger partial charge in [0.05, 0.1) is 17.6 Å². The molecule has 2 N–H and O–H groups in total. The van der Waals surface area contributed by atoms with E-state index in [2.05, 4.69) is 18.8 Å². The lowest BCUT2D eigenvalue weighted by atomic mass is 9.53. The Morgan fingerprint density at radius 3 is 2.68 bits per heavy atom. The van der Waals surface area contributed by atoms with Gasteiger partial charge in [-0.25, -0.2) is 0 Å². The predicted molar refractivity (Wildman–Crippen MR) is 108 cm³/mol. The average Bonchev–Trinajstić information content (AvgIpc) is 2.65. The molecule has 0 aromatic heterocycles. The first-order chi connectivity index (χ1) is 13.4. The second-order valence-electron chi connectivity index (χ2n) is 8.05. The highest BCUT2D eigenvalue weighted by molar-refractivity contribution is 5.95. The molecule has 4 atom stereocenters. The number of allylic oxidation sites excluding steroid dienone is 1. The van der Waals surface area contributed by atoms with Crippen molar-refractivity contribution < 1.29 is 24.5 Å². The van der Waals surface area contributed by atoms with Gasteiger partial charge in [-0.1, -0.05) is 44.6 Å². The SMILES string of the molecule is CCCCCCCC(=O)C#CC1C(O)CCC2(OC)C(=CCCC(=O)O)CC12. The van der Waals surface area contributed by atoms with Crippen LogP contribution >= 0.6 is 0 Å². The van der Waals surface area contributed by atoms with Crippen molar-refractivity contribution in [1.82, 2.24) is 0 Å². The maximum Gasteiger partial charge on any atom is 0.303 e. The number of hydrogen-bond donors (Lipinski definition) is 2. The first kappa shape index (κ1) is 22.6. The molecule has 156 valence electrons. The molecule has 0 heterocycles. The van der Waals surface area contributed by atoms with Crippen LogP contribution in [0, 0.1) is 23.7 Å². The molecule has 0 aliphatic heterocycles. The van der Waals surface area contributed by atoms with Gasteiger partial charge in [0.15, 0.2) is 0 Å². The number of rotatable bonds is 10. The second kappa shape index (κ2) is 10.8. The van der Waals surface area contributed by atoms with Gasteiger partial charge < -0.3 is 14.9 Å². The van der Waals surface area contributed by atoms with Crippen LogP contribution in [-0.2, 0) is 14.3 Å². The summed E-state index contributed by atoms with van der Waals surface area (Å²) in [5.41, 5.74) is 0.655. The summed E-state index contributed by atoms with van der Waals surface area (Å²) >= 11 is 0. The molecule has 0 aromatic rings. The summed E-state index contributed by atoms with van der Waals surface area (Å²) in [4.78, 5) is 22.8. The van der Waals surface area contributed by atoms with Crippen LogP contribution in [0.5, 0.6) is 0 Å². The van der Waals surface area contributed by atoms with Gasteiger partial charge >= 0.3 is 5.97 Å². The zero-order valence-electron chi connectivity index (χ0n) is 17.2. The Bertz CT molecular complexity index is 641. The Morgan fingerprint density at radius 2 is 2.00 bits per heavy atom. The highest BCUT2D eigenvalue weighted by atomic mass is 16.5. The standard InChI is InChI=1S/C23H34O5/c1-3-4-5-6-7-10-18(24)12-13-19-20-16-17(9-8-11-22(26)27)23(20,28-2)15-14-21(19)25/h9,19-21,25H,3-8,10-11,14-16H2,1-2H3,(H,26,27). The van der Waals surface area contributed by atoms with Crippen molar-refractivity contribution in [2.24, 2.45) is 11.8 Å². The molecule has 2 fully saturated rings. The van der Waals surface area contributed by atoms with Gasteiger partial charge in [0.25, 0.3) is 0 Å². The number of ether oxygens (including phenoxy) is 1. The fourth-order valence-corrected chi connectivity index (χ4v) is 4.58. The molecule has 2 aliphatic rings. The molecule has 0 radical (unpaired) electrons. The number of aliphatic hydroxyl groups is 1. The van der Waals surface area contributed by atoms with E-state index in [1.54, 1.807) is 7.11 Å². The first-order valence-electron chi connectivity index (χ1n) is 10.6. The Balaban J connectivity index is 1.96. The number of carboxylic acid groups (broad SMARTS) is 1. The number of fused-ring (bicyclic) bond motifs is 1. The van der Waals surface area contributed by atoms with Crippen LogP contribution in [0.15, 0.2) is 11.6 Å². The minimum absolute atomic E-state index is 0.0474. The third-order valence-corrected chi connectivity index (χ3v) is 6.24. The number of carbonyl (C=O) groups excluding carboxylic acids is 1. The summed E-state index contributed by atoms with van der Waals surface area (Å²) < 4.78 is 5.86. The van der Waals surface area contributed by atoms with E-state index < -0.39 is 17.7 Å². The van der Waals surface area contributed by atoms with E-state index in [9.17, 15) is 14.7 Å². The quantitative estimate of drug-likeness (QED) is 0.256. The lowest BCUT2D eigenvalue weighted by Crippen LogP contribution is -2.59. The van der Waals surface area contributed by atoms with Gasteiger partial charge in [0.1, 0.15) is 0 Å². The number of ketones is 1. The molecule has 28 heavy (non-hydrogen) atoms. The average molecular weight is 391 g/mol. The fourth-order valence-electron chi connectivity index (χ4n) is 4.58. The number of hydrogen-bond acceptors (Lipinski definition) is 4. The number of carbonyl (C=O) groups is 2. The summed E-state index contributed by atoms with van der Waals surface area (Å²) in [6, 6.07) is 0. The predicted octanol–water partition coefficient (Wildman–Crippen LogP) is 3.89. The summed E-state index contributed by atoms with van der Waals surface area (Å²) in [5, 5.41) is 19.3. The molecule has 0 bridgehead atoms. The van der Waals surface area contributed by atoms with E-state index in [1.165, 1.54) is 12.8 Å². The molecule has 2 aliphatic carbocycles. The molecule has 0 spiro atoms. The van der Waals surface area contributed by atoms with E-state index in [0.29, 0.717) is 25.7 Å². The van der Waals surface area contributed by atoms with E-state index in [0.717, 1.165) is 31.3 Å². The van der Waals surface area contributed by atoms with Crippen LogP contribution in [0.4, 0.5) is 0 Å². The van der Waals surface area contributed by atoms with Crippen LogP contribution in [0.25, 0.3) is 0 Å². The van der Waals surface area contributed by atoms with Gasteiger partial charge in [0, 0.05) is 25.9 Å². The number of methoxy groups -OCH3 is 1. The number of unbranched alkanes of at least 4 members (excludes halogenated alkanes) is 4. The van der Waals surface area contributed by atoms with Crippen LogP contribution in [0.1, 0.15) is 77.6 Å². The van der Waals surface area contributed by atoms with Crippen LogP contribution in [0.3, 0.4) is 0 Å². The maximum atomic E-state index is 12.1. The minimum atomic E-state index is -0.810. The molecule has 5 nitrogen and oxygen atoms in total. The van der Waals surface area contributed by atoms with E-state index >= 15 is 0 Å². The number of aliphatic carboxylic acids is 1. The Kier molecular flexibility index (Phi) is 8.72. The minimum Gasteiger partial charge on any atom is -0.481 e. The van der Waals surface area contributed by atoms with Crippen LogP contribution < -0.4 is 0 Å². The lowest BCUT2D eigenvalue weighted by Gasteiger charge is -2.57. The van der Waals surface area contributed by atoms with Crippen molar-refractivity contribution in [3.05, 3.63) is 11.6 Å². The van der Waals surface area contributed by atoms with Crippen molar-refractivity contribution in [3.63, 3.8) is 0 Å². The topological polar surface area (TPSA) is 83.8 Å². The Hall–Kier alpha value is -1.64. The number of carboxylic acids is 1. The van der Waals surface area contributed by atoms with Crippen molar-refractivity contribution in [3.8, 4) is 11.8 Å². The Labute approximate surface area is 168 Å². The van der Waals surface area contributed by atoms with Gasteiger partial charge in [-0.2, -0.15) is 0 Å². The normalized spacial score (nSPS) is 30.1. The van der Waals surface area contributed by atoms with Gasteiger partial charge in [0.2, 0.25) is 5.78 Å². The largest absolute Gasteiger partial charge is 0.481 e. The summed E-state index contributed by atoms with van der Waals surface area (Å²) in [5.74, 6) is 4.76. The maximum absolute atomic E-state index is 12.1. The summed E-state index contributed by atoms with van der Waals surface area (Å²) in [6.45, 7) is 2.17. The summed E-state index contributed by atoms with van der Waals surface area (Å²) in [6.07, 6.45) is 10.0. The summed E-state index contributed by atoms with van der Waals surface area (Å²) in [7, 11) is 1.67. The van der Waals surface area contributed by atoms with Crippen molar-refractivity contribution in [2.75, 3.05) is 7.11 Å². The zero-order chi connectivity index (χ0) is 20.6. The fraction of sp³-hybridized carbons (Fsp3) is 0.739. The smallest absolute Gasteiger partial charge is 0.303 e. The highest BCUT2D eigenvalue weighted by Gasteiger charge is 2.58. The third-order valence-electron chi connectivity index (χ3n) is 6.24. The van der Waals surface area contributed by atoms with Crippen LogP contribution in [-0.4, -0.2) is 40.8 Å². The van der Waals surface area contributed by atoms with E-state index in [1.807, 2.05) is 6.08 Å². The molecule has 0 aromatic carbocycles. The second-order valence-corrected chi connectivity index (χ2v) is 8.05. The molecule has 4 unspecified atom stereocenters. The number of Topliss-reactive ketones (excluding diaryl/α,β-unsaturated/α-hetero) is 1. The monoisotopic (exact) mass is 390 g/mol. The number of aliphatic hydroxyl groups excluding tert-OH is 1.